The Labute approximate surface area is 101 Å². The average molecular weight is 258 g/mol. The summed E-state index contributed by atoms with van der Waals surface area (Å²) in [4.78, 5) is 0. The van der Waals surface area contributed by atoms with Gasteiger partial charge in [-0.25, -0.2) is 17.6 Å². The van der Waals surface area contributed by atoms with Gasteiger partial charge in [-0.15, -0.1) is 0 Å². The van der Waals surface area contributed by atoms with Crippen LogP contribution in [-0.2, 0) is 4.74 Å². The molecule has 0 aromatic heterocycles. The Bertz CT molecular complexity index is 585. The highest BCUT2D eigenvalue weighted by Gasteiger charge is 2.68. The Hall–Kier alpha value is -1.10. The molecule has 0 spiro atoms. The first-order valence-corrected chi connectivity index (χ1v) is 6.00. The lowest BCUT2D eigenvalue weighted by Crippen LogP contribution is -2.38. The molecule has 4 aliphatic rings. The maximum atomic E-state index is 13.9. The second-order valence-electron chi connectivity index (χ2n) is 5.54. The summed E-state index contributed by atoms with van der Waals surface area (Å²) < 4.78 is 60.0. The highest BCUT2D eigenvalue weighted by molar-refractivity contribution is 5.48. The molecule has 0 N–H and O–H groups in total. The molecule has 2 bridgehead atoms. The Morgan fingerprint density at radius 3 is 2.22 bits per heavy atom. The smallest absolute Gasteiger partial charge is 0.197 e. The van der Waals surface area contributed by atoms with E-state index in [2.05, 4.69) is 0 Å². The predicted octanol–water partition coefficient (Wildman–Crippen LogP) is 3.38. The maximum absolute atomic E-state index is 13.9. The maximum Gasteiger partial charge on any atom is 0.197 e. The monoisotopic (exact) mass is 258 g/mol. The van der Waals surface area contributed by atoms with Gasteiger partial charge in [-0.2, -0.15) is 0 Å². The quantitative estimate of drug-likeness (QED) is 0.301. The van der Waals surface area contributed by atoms with Gasteiger partial charge < -0.3 is 4.74 Å². The molecule has 3 aliphatic carbocycles. The van der Waals surface area contributed by atoms with Crippen molar-refractivity contribution in [2.75, 3.05) is 0 Å². The third-order valence-electron chi connectivity index (χ3n) is 4.77. The number of halogens is 4. The zero-order valence-corrected chi connectivity index (χ0v) is 9.57. The van der Waals surface area contributed by atoms with E-state index in [1.807, 2.05) is 6.92 Å². The average Bonchev–Trinajstić information content (AvgIpc) is 3.08. The first kappa shape index (κ1) is 10.8. The minimum Gasteiger partial charge on any atom is -0.365 e. The topological polar surface area (TPSA) is 12.5 Å². The second kappa shape index (κ2) is 2.90. The summed E-state index contributed by atoms with van der Waals surface area (Å²) in [5.41, 5.74) is -0.519. The highest BCUT2D eigenvalue weighted by Crippen LogP contribution is 2.66. The molecule has 5 heteroatoms. The molecule has 1 saturated heterocycles. The molecule has 1 aliphatic heterocycles. The van der Waals surface area contributed by atoms with Gasteiger partial charge in [0.2, 0.25) is 0 Å². The summed E-state index contributed by atoms with van der Waals surface area (Å²) in [6.07, 6.45) is 1.09. The van der Waals surface area contributed by atoms with E-state index in [0.29, 0.717) is 12.8 Å². The first-order valence-electron chi connectivity index (χ1n) is 6.00. The van der Waals surface area contributed by atoms with E-state index in [1.165, 1.54) is 0 Å². The summed E-state index contributed by atoms with van der Waals surface area (Å²) in [6.45, 7) is 1.83. The molecule has 5 rings (SSSR count). The van der Waals surface area contributed by atoms with Crippen molar-refractivity contribution in [3.63, 3.8) is 0 Å². The summed E-state index contributed by atoms with van der Waals surface area (Å²) in [7, 11) is 0. The van der Waals surface area contributed by atoms with Crippen LogP contribution in [0, 0.1) is 23.3 Å². The van der Waals surface area contributed by atoms with E-state index in [0.717, 1.165) is 0 Å². The molecule has 1 aromatic rings. The number of benzene rings is 1. The standard InChI is InChI=1S/C13H10F4O/c1-13-5-3-2-4(12(13)18-13)6-7(5)9(15)11(17)10(16)8(6)14/h4-5,12H,2-3H2,1H3/t4-,5-,12+,13+/m1/s1. The molecule has 1 heterocycles. The lowest BCUT2D eigenvalue weighted by molar-refractivity contribution is 0.264. The van der Waals surface area contributed by atoms with Gasteiger partial charge >= 0.3 is 0 Å². The Morgan fingerprint density at radius 2 is 1.56 bits per heavy atom. The minimum atomic E-state index is -1.71. The van der Waals surface area contributed by atoms with Crippen molar-refractivity contribution in [2.24, 2.45) is 0 Å². The van der Waals surface area contributed by atoms with E-state index in [9.17, 15) is 17.6 Å². The SMILES string of the molecule is C[C@@]12O[C@H]1[C@@H]1CC[C@@H]2c2c(F)c(F)c(F)c(F)c21. The van der Waals surface area contributed by atoms with E-state index >= 15 is 0 Å². The van der Waals surface area contributed by atoms with Crippen LogP contribution in [0.4, 0.5) is 17.6 Å². The summed E-state index contributed by atoms with van der Waals surface area (Å²) in [6, 6.07) is 0. The van der Waals surface area contributed by atoms with Crippen LogP contribution in [-0.4, -0.2) is 11.7 Å². The van der Waals surface area contributed by atoms with E-state index < -0.39 is 28.9 Å². The van der Waals surface area contributed by atoms with E-state index in [1.54, 1.807) is 0 Å². The number of hydrogen-bond donors (Lipinski definition) is 0. The van der Waals surface area contributed by atoms with Crippen LogP contribution in [0.2, 0.25) is 0 Å². The number of rotatable bonds is 0. The van der Waals surface area contributed by atoms with Gasteiger partial charge in [0.15, 0.2) is 23.3 Å². The minimum absolute atomic E-state index is 0.00102. The number of ether oxygens (including phenoxy) is 1. The van der Waals surface area contributed by atoms with E-state index in [4.69, 9.17) is 4.74 Å². The zero-order valence-electron chi connectivity index (χ0n) is 9.57. The Morgan fingerprint density at radius 1 is 0.944 bits per heavy atom. The van der Waals surface area contributed by atoms with Crippen LogP contribution in [0.5, 0.6) is 0 Å². The molecular formula is C13H10F4O. The van der Waals surface area contributed by atoms with Gasteiger partial charge in [-0.05, 0) is 19.8 Å². The van der Waals surface area contributed by atoms with Crippen LogP contribution in [0.15, 0.2) is 0 Å². The van der Waals surface area contributed by atoms with Gasteiger partial charge in [0.1, 0.15) is 0 Å². The van der Waals surface area contributed by atoms with Crippen molar-refractivity contribution in [3.8, 4) is 0 Å². The van der Waals surface area contributed by atoms with Crippen molar-refractivity contribution < 1.29 is 22.3 Å². The van der Waals surface area contributed by atoms with Crippen molar-refractivity contribution in [1.29, 1.82) is 0 Å². The highest BCUT2D eigenvalue weighted by atomic mass is 19.2. The summed E-state index contributed by atoms with van der Waals surface area (Å²) in [5, 5.41) is 0. The molecule has 1 aromatic carbocycles. The van der Waals surface area contributed by atoms with Gasteiger partial charge in [0, 0.05) is 23.0 Å². The molecule has 96 valence electrons. The van der Waals surface area contributed by atoms with Crippen LogP contribution < -0.4 is 0 Å². The molecule has 1 saturated carbocycles. The fourth-order valence-electron chi connectivity index (χ4n) is 3.88. The van der Waals surface area contributed by atoms with Gasteiger partial charge in [-0.3, -0.25) is 0 Å². The van der Waals surface area contributed by atoms with Crippen molar-refractivity contribution in [2.45, 2.75) is 43.3 Å². The molecule has 4 atom stereocenters. The van der Waals surface area contributed by atoms with Gasteiger partial charge in [0.05, 0.1) is 11.7 Å². The van der Waals surface area contributed by atoms with E-state index in [-0.39, 0.29) is 29.1 Å². The Balaban J connectivity index is 2.07. The van der Waals surface area contributed by atoms with Crippen molar-refractivity contribution >= 4 is 0 Å². The van der Waals surface area contributed by atoms with Crippen LogP contribution in [0.1, 0.15) is 42.7 Å². The second-order valence-corrected chi connectivity index (χ2v) is 5.54. The van der Waals surface area contributed by atoms with Gasteiger partial charge in [-0.1, -0.05) is 0 Å². The molecule has 1 nitrogen and oxygen atoms in total. The van der Waals surface area contributed by atoms with Crippen LogP contribution in [0.25, 0.3) is 0 Å². The lowest BCUT2D eigenvalue weighted by Gasteiger charge is -2.39. The summed E-state index contributed by atoms with van der Waals surface area (Å²) in [5.74, 6) is -6.61. The van der Waals surface area contributed by atoms with Crippen LogP contribution in [0.3, 0.4) is 0 Å². The molecule has 18 heavy (non-hydrogen) atoms. The van der Waals surface area contributed by atoms with Crippen molar-refractivity contribution in [3.05, 3.63) is 34.4 Å². The van der Waals surface area contributed by atoms with Crippen molar-refractivity contribution in [1.82, 2.24) is 0 Å². The first-order chi connectivity index (χ1) is 8.47. The van der Waals surface area contributed by atoms with Crippen LogP contribution >= 0.6 is 0 Å². The molecule has 0 amide bonds. The largest absolute Gasteiger partial charge is 0.365 e. The number of epoxide rings is 1. The molecule has 2 fully saturated rings. The fraction of sp³-hybridized carbons (Fsp3) is 0.538. The number of fused-ring (bicyclic) bond motifs is 1. The normalized spacial score (nSPS) is 39.5. The Kier molecular flexibility index (Phi) is 1.74. The molecule has 0 radical (unpaired) electrons. The fourth-order valence-corrected chi connectivity index (χ4v) is 3.88. The molecular weight excluding hydrogens is 248 g/mol. The third-order valence-corrected chi connectivity index (χ3v) is 4.77. The van der Waals surface area contributed by atoms with Gasteiger partial charge in [0.25, 0.3) is 0 Å². The lowest BCUT2D eigenvalue weighted by atomic mass is 9.62. The third kappa shape index (κ3) is 0.955. The number of hydrogen-bond acceptors (Lipinski definition) is 1. The zero-order chi connectivity index (χ0) is 12.8. The molecule has 0 unspecified atom stereocenters. The predicted molar refractivity (Wildman–Crippen MR) is 54.3 cm³/mol. The summed E-state index contributed by atoms with van der Waals surface area (Å²) >= 11 is 0.